The largest absolute Gasteiger partial charge is 0.445 e. The van der Waals surface area contributed by atoms with Crippen LogP contribution in [0.4, 0.5) is 0 Å². The van der Waals surface area contributed by atoms with Gasteiger partial charge in [0.15, 0.2) is 0 Å². The Kier molecular flexibility index (Phi) is 3.82. The summed E-state index contributed by atoms with van der Waals surface area (Å²) in [5.41, 5.74) is 1.72. The molecule has 0 N–H and O–H groups in total. The smallest absolute Gasteiger partial charge is 0.221 e. The summed E-state index contributed by atoms with van der Waals surface area (Å²) in [7, 11) is 0. The lowest BCUT2D eigenvalue weighted by atomic mass is 10.3. The van der Waals surface area contributed by atoms with Gasteiger partial charge in [-0.05, 0) is 0 Å². The van der Waals surface area contributed by atoms with E-state index in [9.17, 15) is 0 Å². The molecule has 0 fully saturated rings. The third kappa shape index (κ3) is 3.10. The normalized spacial score (nSPS) is 10.4. The summed E-state index contributed by atoms with van der Waals surface area (Å²) < 4.78 is 10.3. The van der Waals surface area contributed by atoms with Gasteiger partial charge in [0.25, 0.3) is 0 Å². The van der Waals surface area contributed by atoms with Crippen molar-refractivity contribution in [1.82, 2.24) is 9.97 Å². The lowest BCUT2D eigenvalue weighted by molar-refractivity contribution is 0.542. The van der Waals surface area contributed by atoms with Crippen molar-refractivity contribution in [3.63, 3.8) is 0 Å². The molecule has 0 bridgehead atoms. The zero-order valence-electron chi connectivity index (χ0n) is 9.26. The zero-order chi connectivity index (χ0) is 12.1. The van der Waals surface area contributed by atoms with E-state index < -0.39 is 0 Å². The minimum absolute atomic E-state index is 0.583. The number of oxazole rings is 2. The molecule has 2 heterocycles. The van der Waals surface area contributed by atoms with E-state index >= 15 is 0 Å². The topological polar surface area (TPSA) is 52.1 Å². The van der Waals surface area contributed by atoms with Gasteiger partial charge < -0.3 is 8.83 Å². The van der Waals surface area contributed by atoms with E-state index in [-0.39, 0.29) is 0 Å². The minimum atomic E-state index is 0.583. The van der Waals surface area contributed by atoms with Gasteiger partial charge in [0.05, 0.1) is 12.4 Å². The predicted molar refractivity (Wildman–Crippen MR) is 68.4 cm³/mol. The molecule has 2 aromatic rings. The highest BCUT2D eigenvalue weighted by molar-refractivity contribution is 8.00. The molecular formula is C12H12N2O2S. The zero-order valence-corrected chi connectivity index (χ0v) is 10.1. The molecule has 2 rings (SSSR count). The molecule has 0 aromatic carbocycles. The van der Waals surface area contributed by atoms with E-state index in [0.29, 0.717) is 11.8 Å². The van der Waals surface area contributed by atoms with Crippen molar-refractivity contribution in [3.8, 4) is 0 Å². The first-order valence-electron chi connectivity index (χ1n) is 5.00. The summed E-state index contributed by atoms with van der Waals surface area (Å²) in [6.45, 7) is 7.82. The summed E-state index contributed by atoms with van der Waals surface area (Å²) in [4.78, 5) is 8.06. The number of nitrogens with zero attached hydrogens (tertiary/aromatic N) is 2. The number of thioether (sulfide) groups is 1. The summed E-state index contributed by atoms with van der Waals surface area (Å²) >= 11 is 1.67. The van der Waals surface area contributed by atoms with Gasteiger partial charge in [-0.1, -0.05) is 13.2 Å². The Bertz CT molecular complexity index is 442. The average molecular weight is 248 g/mol. The molecule has 0 amide bonds. The van der Waals surface area contributed by atoms with E-state index in [1.165, 1.54) is 12.5 Å². The maximum Gasteiger partial charge on any atom is 0.221 e. The fourth-order valence-corrected chi connectivity index (χ4v) is 2.06. The number of rotatable bonds is 6. The van der Waals surface area contributed by atoms with Crippen molar-refractivity contribution in [1.29, 1.82) is 0 Å². The Labute approximate surface area is 103 Å². The molecule has 4 nitrogen and oxygen atoms in total. The first-order chi connectivity index (χ1) is 8.27. The van der Waals surface area contributed by atoms with Gasteiger partial charge in [0, 0.05) is 22.7 Å². The third-order valence-corrected chi connectivity index (χ3v) is 3.13. The van der Waals surface area contributed by atoms with Crippen molar-refractivity contribution >= 4 is 22.9 Å². The molecule has 88 valence electrons. The molecule has 2 aromatic heterocycles. The fraction of sp³-hybridized carbons (Fsp3) is 0.167. The molecule has 17 heavy (non-hydrogen) atoms. The Morgan fingerprint density at radius 1 is 1.00 bits per heavy atom. The average Bonchev–Trinajstić information content (AvgIpc) is 3.02. The lowest BCUT2D eigenvalue weighted by Crippen LogP contribution is -1.91. The van der Waals surface area contributed by atoms with E-state index in [1.54, 1.807) is 24.2 Å². The second-order valence-corrected chi connectivity index (χ2v) is 4.36. The van der Waals surface area contributed by atoms with E-state index in [1.807, 2.05) is 0 Å². The highest BCUT2D eigenvalue weighted by Crippen LogP contribution is 2.21. The fourth-order valence-electron chi connectivity index (χ4n) is 1.22. The van der Waals surface area contributed by atoms with Crippen LogP contribution >= 0.6 is 11.8 Å². The number of hydrogen-bond acceptors (Lipinski definition) is 5. The Morgan fingerprint density at radius 3 is 1.82 bits per heavy atom. The summed E-state index contributed by atoms with van der Waals surface area (Å²) in [6, 6.07) is 0. The van der Waals surface area contributed by atoms with Gasteiger partial charge in [-0.25, -0.2) is 9.97 Å². The van der Waals surface area contributed by atoms with Crippen LogP contribution in [0.25, 0.3) is 11.1 Å². The van der Waals surface area contributed by atoms with Gasteiger partial charge in [-0.15, -0.1) is 0 Å². The van der Waals surface area contributed by atoms with Crippen molar-refractivity contribution in [2.24, 2.45) is 0 Å². The first kappa shape index (κ1) is 11.7. The quantitative estimate of drug-likeness (QED) is 0.786. The Balaban J connectivity index is 1.77. The van der Waals surface area contributed by atoms with E-state index in [2.05, 4.69) is 23.1 Å². The summed E-state index contributed by atoms with van der Waals surface area (Å²) in [5.74, 6) is 2.64. The molecule has 0 atom stereocenters. The van der Waals surface area contributed by atoms with Gasteiger partial charge in [0.1, 0.15) is 12.5 Å². The maximum absolute atomic E-state index is 5.15. The van der Waals surface area contributed by atoms with Crippen LogP contribution < -0.4 is 0 Å². The predicted octanol–water partition coefficient (Wildman–Crippen LogP) is 3.12. The number of aromatic nitrogens is 2. The molecule has 0 aliphatic heterocycles. The van der Waals surface area contributed by atoms with Crippen molar-refractivity contribution in [2.45, 2.75) is 0 Å². The number of hydrogen-bond donors (Lipinski definition) is 0. The van der Waals surface area contributed by atoms with Crippen LogP contribution in [0.5, 0.6) is 0 Å². The molecular weight excluding hydrogens is 236 g/mol. The van der Waals surface area contributed by atoms with Crippen LogP contribution in [0.2, 0.25) is 0 Å². The summed E-state index contributed by atoms with van der Waals surface area (Å²) in [6.07, 6.45) is 6.29. The molecule has 5 heteroatoms. The van der Waals surface area contributed by atoms with Gasteiger partial charge >= 0.3 is 0 Å². The van der Waals surface area contributed by atoms with Gasteiger partial charge in [-0.3, -0.25) is 0 Å². The molecule has 0 saturated carbocycles. The molecule has 0 unspecified atom stereocenters. The second-order valence-electron chi connectivity index (χ2n) is 3.37. The molecule has 0 saturated heterocycles. The van der Waals surface area contributed by atoms with Crippen LogP contribution in [-0.2, 0) is 0 Å². The first-order valence-corrected chi connectivity index (χ1v) is 6.16. The van der Waals surface area contributed by atoms with Crippen molar-refractivity contribution in [3.05, 3.63) is 49.9 Å². The van der Waals surface area contributed by atoms with Crippen molar-refractivity contribution < 1.29 is 8.83 Å². The monoisotopic (exact) mass is 248 g/mol. The van der Waals surface area contributed by atoms with Gasteiger partial charge in [-0.2, -0.15) is 11.8 Å². The van der Waals surface area contributed by atoms with E-state index in [4.69, 9.17) is 8.83 Å². The van der Waals surface area contributed by atoms with Crippen molar-refractivity contribution in [2.75, 3.05) is 11.5 Å². The molecule has 0 radical (unpaired) electrons. The lowest BCUT2D eigenvalue weighted by Gasteiger charge is -2.02. The van der Waals surface area contributed by atoms with Crippen LogP contribution in [0.1, 0.15) is 11.8 Å². The Morgan fingerprint density at radius 2 is 1.47 bits per heavy atom. The van der Waals surface area contributed by atoms with Crippen LogP contribution in [0.15, 0.2) is 46.9 Å². The standard InChI is InChI=1S/C12H12N2O2S/c1-9(11-13-3-5-15-11)7-17-8-10(2)12-14-4-6-16-12/h3-6H,1-2,7-8H2. The van der Waals surface area contributed by atoms with Crippen LogP contribution in [0.3, 0.4) is 0 Å². The maximum atomic E-state index is 5.15. The third-order valence-electron chi connectivity index (χ3n) is 2.02. The summed E-state index contributed by atoms with van der Waals surface area (Å²) in [5, 5.41) is 0. The van der Waals surface area contributed by atoms with Crippen LogP contribution in [0, 0.1) is 0 Å². The van der Waals surface area contributed by atoms with Gasteiger partial charge in [0.2, 0.25) is 11.8 Å². The highest BCUT2D eigenvalue weighted by Gasteiger charge is 2.07. The van der Waals surface area contributed by atoms with Crippen LogP contribution in [-0.4, -0.2) is 21.5 Å². The SMILES string of the molecule is C=C(CSCC(=C)c1ncco1)c1ncco1. The minimum Gasteiger partial charge on any atom is -0.445 e. The Hall–Kier alpha value is -1.75. The molecule has 0 aliphatic carbocycles. The van der Waals surface area contributed by atoms with E-state index in [0.717, 1.165) is 22.7 Å². The second kappa shape index (κ2) is 5.54. The molecule has 0 aliphatic rings. The highest BCUT2D eigenvalue weighted by atomic mass is 32.2. The molecule has 0 spiro atoms.